The van der Waals surface area contributed by atoms with Crippen LogP contribution in [0.2, 0.25) is 0 Å². The molecule has 0 radical (unpaired) electrons. The summed E-state index contributed by atoms with van der Waals surface area (Å²) in [5.74, 6) is 0.257. The highest BCUT2D eigenvalue weighted by atomic mass is 32.2. The summed E-state index contributed by atoms with van der Waals surface area (Å²) in [7, 11) is 3.38. The molecule has 2 N–H and O–H groups in total. The maximum Gasteiger partial charge on any atom is 0.248 e. The van der Waals surface area contributed by atoms with Gasteiger partial charge in [-0.1, -0.05) is 18.2 Å². The molecular weight excluding hydrogens is 306 g/mol. The zero-order chi connectivity index (χ0) is 15.5. The van der Waals surface area contributed by atoms with Gasteiger partial charge in [0.1, 0.15) is 0 Å². The second-order valence-corrected chi connectivity index (χ2v) is 5.71. The zero-order valence-electron chi connectivity index (χ0n) is 12.3. The lowest BCUT2D eigenvalue weighted by Crippen LogP contribution is -2.48. The van der Waals surface area contributed by atoms with E-state index in [-0.39, 0.29) is 5.91 Å². The number of hydrogen-bond donors (Lipinski definition) is 2. The van der Waals surface area contributed by atoms with Crippen LogP contribution in [0, 0.1) is 0 Å². The monoisotopic (exact) mass is 327 g/mol. The van der Waals surface area contributed by atoms with E-state index in [2.05, 4.69) is 10.7 Å². The minimum absolute atomic E-state index is 0.0904. The molecule has 0 saturated heterocycles. The molecule has 0 aromatic heterocycles. The van der Waals surface area contributed by atoms with Gasteiger partial charge in [-0.25, -0.2) is 0 Å². The molecular formula is C14H21N3O2S2. The molecule has 0 fully saturated rings. The predicted octanol–water partition coefficient (Wildman–Crippen LogP) is 1.65. The van der Waals surface area contributed by atoms with Gasteiger partial charge in [-0.05, 0) is 30.8 Å². The fourth-order valence-electron chi connectivity index (χ4n) is 1.47. The summed E-state index contributed by atoms with van der Waals surface area (Å²) >= 11 is 6.66. The molecule has 0 bridgehead atoms. The Morgan fingerprint density at radius 1 is 1.38 bits per heavy atom. The van der Waals surface area contributed by atoms with Crippen LogP contribution in [-0.4, -0.2) is 49.1 Å². The molecule has 1 aromatic carbocycles. The summed E-state index contributed by atoms with van der Waals surface area (Å²) in [6, 6.07) is 9.80. The summed E-state index contributed by atoms with van der Waals surface area (Å²) in [6.45, 7) is 1.39. The predicted molar refractivity (Wildman–Crippen MR) is 90.2 cm³/mol. The van der Waals surface area contributed by atoms with Gasteiger partial charge >= 0.3 is 0 Å². The first-order valence-electron chi connectivity index (χ1n) is 6.61. The molecule has 0 aliphatic carbocycles. The number of methoxy groups -OCH3 is 1. The Balaban J connectivity index is 2.22. The average Bonchev–Trinajstić information content (AvgIpc) is 2.50. The van der Waals surface area contributed by atoms with Gasteiger partial charge in [0, 0.05) is 32.2 Å². The topological polar surface area (TPSA) is 53.6 Å². The number of nitrogens with zero attached hydrogens (tertiary/aromatic N) is 1. The van der Waals surface area contributed by atoms with Crippen molar-refractivity contribution < 1.29 is 9.53 Å². The van der Waals surface area contributed by atoms with Crippen LogP contribution >= 0.6 is 24.0 Å². The highest BCUT2D eigenvalue weighted by molar-refractivity contribution is 8.00. The highest BCUT2D eigenvalue weighted by Gasteiger charge is 2.08. The minimum Gasteiger partial charge on any atom is -0.385 e. The van der Waals surface area contributed by atoms with Crippen molar-refractivity contribution in [3.8, 4) is 0 Å². The van der Waals surface area contributed by atoms with Crippen molar-refractivity contribution in [2.45, 2.75) is 11.3 Å². The van der Waals surface area contributed by atoms with Gasteiger partial charge in [0.05, 0.1) is 5.75 Å². The fraction of sp³-hybridized carbons (Fsp3) is 0.429. The molecule has 0 spiro atoms. The number of carbonyl (C=O) groups is 1. The number of rotatable bonds is 7. The summed E-state index contributed by atoms with van der Waals surface area (Å²) in [5, 5.41) is 5.07. The van der Waals surface area contributed by atoms with E-state index in [4.69, 9.17) is 17.0 Å². The number of nitrogens with one attached hydrogen (secondary N) is 2. The lowest BCUT2D eigenvalue weighted by atomic mass is 10.4. The van der Waals surface area contributed by atoms with Crippen LogP contribution in [-0.2, 0) is 9.53 Å². The number of amides is 1. The first kappa shape index (κ1) is 17.7. The first-order valence-corrected chi connectivity index (χ1v) is 8.00. The Labute approximate surface area is 135 Å². The summed E-state index contributed by atoms with van der Waals surface area (Å²) < 4.78 is 4.95. The Kier molecular flexibility index (Phi) is 8.80. The van der Waals surface area contributed by atoms with Crippen molar-refractivity contribution in [1.82, 2.24) is 15.8 Å². The number of hydrogen-bond acceptors (Lipinski definition) is 4. The van der Waals surface area contributed by atoms with Crippen molar-refractivity contribution in [3.05, 3.63) is 30.3 Å². The SMILES string of the molecule is COCCCNC(=S)N(C)NC(=O)CSc1ccccc1. The number of ether oxygens (including phenoxy) is 1. The number of benzene rings is 1. The standard InChI is InChI=1S/C14H21N3O2S2/c1-17(14(20)15-9-6-10-19-2)16-13(18)11-21-12-7-4-3-5-8-12/h3-5,7-8H,6,9-11H2,1-2H3,(H,15,20)(H,16,18). The number of carbonyl (C=O) groups excluding carboxylic acids is 1. The van der Waals surface area contributed by atoms with Gasteiger partial charge in [0.15, 0.2) is 5.11 Å². The Morgan fingerprint density at radius 3 is 2.76 bits per heavy atom. The van der Waals surface area contributed by atoms with Gasteiger partial charge < -0.3 is 10.1 Å². The van der Waals surface area contributed by atoms with Crippen LogP contribution in [0.5, 0.6) is 0 Å². The van der Waals surface area contributed by atoms with Gasteiger partial charge in [0.2, 0.25) is 5.91 Å². The maximum atomic E-state index is 11.8. The molecule has 1 amide bonds. The summed E-state index contributed by atoms with van der Waals surface area (Å²) in [4.78, 5) is 12.9. The van der Waals surface area contributed by atoms with Crippen molar-refractivity contribution in [1.29, 1.82) is 0 Å². The average molecular weight is 327 g/mol. The van der Waals surface area contributed by atoms with Gasteiger partial charge in [0.25, 0.3) is 0 Å². The Hall–Kier alpha value is -1.31. The van der Waals surface area contributed by atoms with Crippen LogP contribution in [0.15, 0.2) is 35.2 Å². The first-order chi connectivity index (χ1) is 10.1. The maximum absolute atomic E-state index is 11.8. The summed E-state index contributed by atoms with van der Waals surface area (Å²) in [6.07, 6.45) is 0.863. The minimum atomic E-state index is -0.0904. The Bertz CT molecular complexity index is 443. The molecule has 21 heavy (non-hydrogen) atoms. The number of thioether (sulfide) groups is 1. The van der Waals surface area contributed by atoms with E-state index in [0.717, 1.165) is 11.3 Å². The van der Waals surface area contributed by atoms with E-state index >= 15 is 0 Å². The molecule has 0 saturated carbocycles. The van der Waals surface area contributed by atoms with Crippen LogP contribution in [0.3, 0.4) is 0 Å². The van der Waals surface area contributed by atoms with Gasteiger partial charge in [-0.3, -0.25) is 15.2 Å². The molecule has 0 atom stereocenters. The largest absolute Gasteiger partial charge is 0.385 e. The molecule has 116 valence electrons. The van der Waals surface area contributed by atoms with E-state index in [1.165, 1.54) is 16.8 Å². The van der Waals surface area contributed by atoms with Crippen LogP contribution in [0.1, 0.15) is 6.42 Å². The molecule has 0 aliphatic heterocycles. The van der Waals surface area contributed by atoms with Crippen molar-refractivity contribution in [3.63, 3.8) is 0 Å². The molecule has 5 nitrogen and oxygen atoms in total. The Morgan fingerprint density at radius 2 is 2.10 bits per heavy atom. The van der Waals surface area contributed by atoms with Gasteiger partial charge in [-0.2, -0.15) is 0 Å². The highest BCUT2D eigenvalue weighted by Crippen LogP contribution is 2.16. The molecule has 1 aromatic rings. The number of thiocarbonyl (C=S) groups is 1. The quantitative estimate of drug-likeness (QED) is 0.344. The van der Waals surface area contributed by atoms with Crippen LogP contribution in [0.4, 0.5) is 0 Å². The molecule has 1 rings (SSSR count). The molecule has 0 heterocycles. The third-order valence-corrected chi connectivity index (χ3v) is 3.94. The van der Waals surface area contributed by atoms with Crippen LogP contribution < -0.4 is 10.7 Å². The normalized spacial score (nSPS) is 10.0. The molecule has 0 aliphatic rings. The van der Waals surface area contributed by atoms with E-state index in [0.29, 0.717) is 24.0 Å². The van der Waals surface area contributed by atoms with Crippen molar-refractivity contribution in [2.75, 3.05) is 33.1 Å². The third-order valence-electron chi connectivity index (χ3n) is 2.51. The second-order valence-electron chi connectivity index (χ2n) is 4.27. The van der Waals surface area contributed by atoms with E-state index in [1.807, 2.05) is 30.3 Å². The van der Waals surface area contributed by atoms with Crippen LogP contribution in [0.25, 0.3) is 0 Å². The van der Waals surface area contributed by atoms with E-state index in [1.54, 1.807) is 14.2 Å². The smallest absolute Gasteiger partial charge is 0.248 e. The zero-order valence-corrected chi connectivity index (χ0v) is 13.9. The fourth-order valence-corrected chi connectivity index (χ4v) is 2.33. The van der Waals surface area contributed by atoms with Crippen molar-refractivity contribution in [2.24, 2.45) is 0 Å². The third kappa shape index (κ3) is 7.89. The lowest BCUT2D eigenvalue weighted by Gasteiger charge is -2.21. The molecule has 0 unspecified atom stereocenters. The van der Waals surface area contributed by atoms with Crippen molar-refractivity contribution >= 4 is 35.0 Å². The van der Waals surface area contributed by atoms with Gasteiger partial charge in [-0.15, -0.1) is 11.8 Å². The lowest BCUT2D eigenvalue weighted by molar-refractivity contribution is -0.121. The molecule has 7 heteroatoms. The van der Waals surface area contributed by atoms with E-state index < -0.39 is 0 Å². The second kappa shape index (κ2) is 10.4. The van der Waals surface area contributed by atoms with E-state index in [9.17, 15) is 4.79 Å². The summed E-state index contributed by atoms with van der Waals surface area (Å²) in [5.41, 5.74) is 2.73. The number of hydrazine groups is 1.